The van der Waals surface area contributed by atoms with Gasteiger partial charge in [-0.05, 0) is 64.6 Å². The van der Waals surface area contributed by atoms with Crippen molar-refractivity contribution in [2.75, 3.05) is 52.4 Å². The van der Waals surface area contributed by atoms with E-state index in [0.717, 1.165) is 63.9 Å². The number of likely N-dealkylation sites (tertiary alicyclic amines) is 2. The zero-order chi connectivity index (χ0) is 17.2. The van der Waals surface area contributed by atoms with E-state index < -0.39 is 0 Å². The molecule has 0 unspecified atom stereocenters. The van der Waals surface area contributed by atoms with Gasteiger partial charge in [0.25, 0.3) is 0 Å². The summed E-state index contributed by atoms with van der Waals surface area (Å²) in [7, 11) is 0. The molecule has 2 heterocycles. The Kier molecular flexibility index (Phi) is 8.36. The number of guanidine groups is 1. The molecule has 138 valence electrons. The number of nitrogens with zero attached hydrogens (tertiary/aromatic N) is 3. The van der Waals surface area contributed by atoms with Crippen LogP contribution < -0.4 is 10.6 Å². The van der Waals surface area contributed by atoms with Crippen LogP contribution in [0.3, 0.4) is 0 Å². The Morgan fingerprint density at radius 3 is 2.50 bits per heavy atom. The number of hydrogen-bond donors (Lipinski definition) is 2. The zero-order valence-electron chi connectivity index (χ0n) is 15.5. The van der Waals surface area contributed by atoms with E-state index in [1.165, 1.54) is 25.9 Å². The lowest BCUT2D eigenvalue weighted by molar-refractivity contribution is -0.128. The molecule has 0 bridgehead atoms. The summed E-state index contributed by atoms with van der Waals surface area (Å²) in [6.07, 6.45) is 6.03. The number of nitrogens with one attached hydrogen (secondary N) is 2. The molecule has 2 saturated heterocycles. The minimum absolute atomic E-state index is 0.145. The number of hydrogen-bond acceptors (Lipinski definition) is 3. The maximum atomic E-state index is 12.1. The fourth-order valence-corrected chi connectivity index (χ4v) is 3.35. The molecular formula is C18H35N5O. The summed E-state index contributed by atoms with van der Waals surface area (Å²) in [6.45, 7) is 11.8. The van der Waals surface area contributed by atoms with Crippen LogP contribution in [0, 0.1) is 5.92 Å². The van der Waals surface area contributed by atoms with Crippen LogP contribution in [0.5, 0.6) is 0 Å². The molecule has 2 aliphatic rings. The first-order valence-electron chi connectivity index (χ1n) is 9.71. The van der Waals surface area contributed by atoms with E-state index in [1.807, 2.05) is 11.8 Å². The van der Waals surface area contributed by atoms with Gasteiger partial charge in [-0.2, -0.15) is 0 Å². The van der Waals surface area contributed by atoms with E-state index >= 15 is 0 Å². The molecule has 1 amide bonds. The summed E-state index contributed by atoms with van der Waals surface area (Å²) in [5, 5.41) is 6.58. The highest BCUT2D eigenvalue weighted by Gasteiger charge is 2.17. The van der Waals surface area contributed by atoms with Crippen molar-refractivity contribution in [2.45, 2.75) is 46.0 Å². The van der Waals surface area contributed by atoms with E-state index in [0.29, 0.717) is 0 Å². The fourth-order valence-electron chi connectivity index (χ4n) is 3.35. The van der Waals surface area contributed by atoms with Crippen LogP contribution >= 0.6 is 0 Å². The van der Waals surface area contributed by atoms with E-state index in [9.17, 15) is 4.79 Å². The smallest absolute Gasteiger partial charge is 0.244 e. The van der Waals surface area contributed by atoms with Gasteiger partial charge in [-0.15, -0.1) is 0 Å². The summed E-state index contributed by atoms with van der Waals surface area (Å²) < 4.78 is 0. The molecule has 24 heavy (non-hydrogen) atoms. The van der Waals surface area contributed by atoms with Crippen molar-refractivity contribution in [1.29, 1.82) is 0 Å². The second kappa shape index (κ2) is 10.5. The second-order valence-corrected chi connectivity index (χ2v) is 7.09. The minimum atomic E-state index is 0.145. The van der Waals surface area contributed by atoms with Crippen molar-refractivity contribution < 1.29 is 4.79 Å². The molecule has 0 saturated carbocycles. The summed E-state index contributed by atoms with van der Waals surface area (Å²) in [6, 6.07) is 0. The lowest BCUT2D eigenvalue weighted by Gasteiger charge is -2.30. The van der Waals surface area contributed by atoms with Gasteiger partial charge in [-0.25, -0.2) is 4.99 Å². The van der Waals surface area contributed by atoms with Gasteiger partial charge in [0.15, 0.2) is 5.96 Å². The average Bonchev–Trinajstić information content (AvgIpc) is 3.12. The maximum Gasteiger partial charge on any atom is 0.244 e. The molecule has 2 aliphatic heterocycles. The summed E-state index contributed by atoms with van der Waals surface area (Å²) in [5.41, 5.74) is 0. The van der Waals surface area contributed by atoms with Crippen LogP contribution in [0.1, 0.15) is 46.0 Å². The van der Waals surface area contributed by atoms with Gasteiger partial charge in [0.2, 0.25) is 5.91 Å². The van der Waals surface area contributed by atoms with E-state index in [4.69, 9.17) is 0 Å². The van der Waals surface area contributed by atoms with Crippen LogP contribution in [0.15, 0.2) is 4.99 Å². The predicted octanol–water partition coefficient (Wildman–Crippen LogP) is 1.29. The first-order chi connectivity index (χ1) is 11.7. The molecule has 2 rings (SSSR count). The predicted molar refractivity (Wildman–Crippen MR) is 99.3 cm³/mol. The monoisotopic (exact) mass is 337 g/mol. The maximum absolute atomic E-state index is 12.1. The van der Waals surface area contributed by atoms with Gasteiger partial charge in [-0.3, -0.25) is 4.79 Å². The van der Waals surface area contributed by atoms with Gasteiger partial charge >= 0.3 is 0 Å². The van der Waals surface area contributed by atoms with Crippen molar-refractivity contribution in [3.63, 3.8) is 0 Å². The van der Waals surface area contributed by atoms with E-state index in [-0.39, 0.29) is 12.5 Å². The standard InChI is InChI=1S/C18H35N5O/c1-3-19-18(21-15-17(24)23-11-4-5-12-23)20-9-6-10-22-13-7-16(2)8-14-22/h16H,3-15H2,1-2H3,(H2,19,20,21). The van der Waals surface area contributed by atoms with Gasteiger partial charge in [-0.1, -0.05) is 6.92 Å². The van der Waals surface area contributed by atoms with Gasteiger partial charge in [0.1, 0.15) is 6.54 Å². The Balaban J connectivity index is 1.64. The number of aliphatic imine (C=N–C) groups is 1. The van der Waals surface area contributed by atoms with Gasteiger partial charge in [0, 0.05) is 26.2 Å². The van der Waals surface area contributed by atoms with Crippen LogP contribution in [0.4, 0.5) is 0 Å². The minimum Gasteiger partial charge on any atom is -0.357 e. The van der Waals surface area contributed by atoms with Gasteiger partial charge < -0.3 is 20.4 Å². The Morgan fingerprint density at radius 1 is 1.12 bits per heavy atom. The fraction of sp³-hybridized carbons (Fsp3) is 0.889. The van der Waals surface area contributed by atoms with Crippen molar-refractivity contribution in [3.8, 4) is 0 Å². The Hall–Kier alpha value is -1.30. The van der Waals surface area contributed by atoms with E-state index in [2.05, 4.69) is 27.4 Å². The Labute approximate surface area is 147 Å². The molecular weight excluding hydrogens is 302 g/mol. The molecule has 0 aromatic carbocycles. The summed E-state index contributed by atoms with van der Waals surface area (Å²) in [4.78, 5) is 21.0. The first kappa shape index (κ1) is 19.0. The number of piperidine rings is 1. The highest BCUT2D eigenvalue weighted by Crippen LogP contribution is 2.15. The van der Waals surface area contributed by atoms with Crippen LogP contribution in [-0.2, 0) is 4.79 Å². The SMILES string of the molecule is CCNC(=NCC(=O)N1CCCC1)NCCCN1CCC(C)CC1. The molecule has 0 spiro atoms. The molecule has 0 radical (unpaired) electrons. The Bertz CT molecular complexity index is 398. The summed E-state index contributed by atoms with van der Waals surface area (Å²) >= 11 is 0. The number of carbonyl (C=O) groups excluding carboxylic acids is 1. The zero-order valence-corrected chi connectivity index (χ0v) is 15.5. The van der Waals surface area contributed by atoms with E-state index in [1.54, 1.807) is 0 Å². The van der Waals surface area contributed by atoms with Crippen molar-refractivity contribution in [2.24, 2.45) is 10.9 Å². The van der Waals surface area contributed by atoms with Crippen LogP contribution in [0.2, 0.25) is 0 Å². The van der Waals surface area contributed by atoms with Gasteiger partial charge in [0.05, 0.1) is 0 Å². The molecule has 0 aliphatic carbocycles. The number of amides is 1. The average molecular weight is 338 g/mol. The van der Waals surface area contributed by atoms with Crippen molar-refractivity contribution >= 4 is 11.9 Å². The topological polar surface area (TPSA) is 60.0 Å². The van der Waals surface area contributed by atoms with Crippen LogP contribution in [0.25, 0.3) is 0 Å². The number of rotatable bonds is 7. The second-order valence-electron chi connectivity index (χ2n) is 7.09. The molecule has 0 atom stereocenters. The third-order valence-corrected chi connectivity index (χ3v) is 5.00. The molecule has 2 N–H and O–H groups in total. The largest absolute Gasteiger partial charge is 0.357 e. The lowest BCUT2D eigenvalue weighted by Crippen LogP contribution is -2.40. The third-order valence-electron chi connectivity index (χ3n) is 5.00. The van der Waals surface area contributed by atoms with Crippen molar-refractivity contribution in [1.82, 2.24) is 20.4 Å². The third kappa shape index (κ3) is 6.67. The lowest BCUT2D eigenvalue weighted by atomic mass is 9.99. The molecule has 6 nitrogen and oxygen atoms in total. The highest BCUT2D eigenvalue weighted by atomic mass is 16.2. The Morgan fingerprint density at radius 2 is 1.83 bits per heavy atom. The molecule has 6 heteroatoms. The number of carbonyl (C=O) groups is 1. The summed E-state index contributed by atoms with van der Waals surface area (Å²) in [5.74, 6) is 1.80. The quantitative estimate of drug-likeness (QED) is 0.417. The molecule has 2 fully saturated rings. The molecule has 0 aromatic rings. The molecule has 0 aromatic heterocycles. The van der Waals surface area contributed by atoms with Crippen molar-refractivity contribution in [3.05, 3.63) is 0 Å². The first-order valence-corrected chi connectivity index (χ1v) is 9.71. The highest BCUT2D eigenvalue weighted by molar-refractivity contribution is 5.85. The van der Waals surface area contributed by atoms with Crippen LogP contribution in [-0.4, -0.2) is 74.0 Å². The normalized spacial score (nSPS) is 20.4.